The number of ether oxygens (including phenoxy) is 2. The molecule has 1 saturated heterocycles. The van der Waals surface area contributed by atoms with Gasteiger partial charge in [0.1, 0.15) is 30.2 Å². The van der Waals surface area contributed by atoms with Crippen molar-refractivity contribution in [2.24, 2.45) is 0 Å². The van der Waals surface area contributed by atoms with Crippen LogP contribution in [-0.4, -0.2) is 70.8 Å². The van der Waals surface area contributed by atoms with Crippen LogP contribution in [0.4, 0.5) is 5.82 Å². The zero-order chi connectivity index (χ0) is 22.1. The first kappa shape index (κ1) is 22.9. The molecular weight excluding hydrogens is 448 g/mol. The molecule has 0 radical (unpaired) electrons. The lowest BCUT2D eigenvalue weighted by molar-refractivity contribution is -0.0641. The molecule has 5 atom stereocenters. The van der Waals surface area contributed by atoms with Gasteiger partial charge in [0.2, 0.25) is 0 Å². The minimum atomic E-state index is -5.29. The van der Waals surface area contributed by atoms with E-state index in [1.54, 1.807) is 0 Å². The third-order valence-corrected chi connectivity index (χ3v) is 6.14. The minimum Gasteiger partial charge on any atom is -0.387 e. The highest BCUT2D eigenvalue weighted by molar-refractivity contribution is 7.60. The normalized spacial score (nSPS) is 26.7. The molecule has 0 bridgehead atoms. The van der Waals surface area contributed by atoms with E-state index in [-0.39, 0.29) is 23.6 Å². The Balaban J connectivity index is 1.83. The molecule has 0 saturated carbocycles. The number of hydrogen-bond donors (Lipinski definition) is 5. The minimum absolute atomic E-state index is 0.0404. The molecule has 2 aromatic heterocycles. The second-order valence-corrected chi connectivity index (χ2v) is 8.89. The van der Waals surface area contributed by atoms with E-state index in [1.807, 2.05) is 0 Å². The molecule has 0 amide bonds. The fourth-order valence-corrected chi connectivity index (χ4v) is 4.42. The maximum atomic E-state index is 11.7. The number of nitrogen functional groups attached to an aromatic ring is 1. The van der Waals surface area contributed by atoms with Gasteiger partial charge in [-0.3, -0.25) is 9.09 Å². The van der Waals surface area contributed by atoms with Crippen molar-refractivity contribution in [1.82, 2.24) is 19.5 Å². The van der Waals surface area contributed by atoms with E-state index in [4.69, 9.17) is 25.0 Å². The Morgan fingerprint density at radius 1 is 1.30 bits per heavy atom. The second-order valence-electron chi connectivity index (χ2n) is 6.06. The van der Waals surface area contributed by atoms with Crippen LogP contribution in [0.5, 0.6) is 0 Å². The first-order chi connectivity index (χ1) is 14.0. The molecular formula is C13H19N5O10P2. The van der Waals surface area contributed by atoms with E-state index >= 15 is 0 Å². The number of aromatic nitrogens is 4. The first-order valence-electron chi connectivity index (χ1n) is 8.25. The summed E-state index contributed by atoms with van der Waals surface area (Å²) in [5, 5.41) is 10.6. The van der Waals surface area contributed by atoms with Crippen molar-refractivity contribution in [1.29, 1.82) is 0 Å². The fourth-order valence-electron chi connectivity index (χ4n) is 2.82. The Bertz CT molecular complexity index is 1010. The van der Waals surface area contributed by atoms with Crippen LogP contribution in [0.1, 0.15) is 6.23 Å². The van der Waals surface area contributed by atoms with E-state index in [0.29, 0.717) is 0 Å². The number of anilines is 1. The summed E-state index contributed by atoms with van der Waals surface area (Å²) in [6.07, 6.45) is -0.629. The Hall–Kier alpha value is -1.77. The maximum absolute atomic E-state index is 11.7. The number of fused-ring (bicyclic) bond motifs is 1. The number of rotatable bonds is 9. The van der Waals surface area contributed by atoms with Crippen LogP contribution >= 0.6 is 15.6 Å². The van der Waals surface area contributed by atoms with Crippen LogP contribution in [0.25, 0.3) is 11.2 Å². The summed E-state index contributed by atoms with van der Waals surface area (Å²) in [5.74, 6) is 0.122. The molecule has 17 heteroatoms. The molecule has 166 valence electrons. The van der Waals surface area contributed by atoms with E-state index in [1.165, 1.54) is 23.3 Å². The molecule has 2 aromatic rings. The van der Waals surface area contributed by atoms with Crippen LogP contribution < -0.4 is 5.73 Å². The van der Waals surface area contributed by atoms with E-state index < -0.39 is 46.8 Å². The number of aliphatic hydroxyl groups excluding tert-OH is 1. The molecule has 6 N–H and O–H groups in total. The smallest absolute Gasteiger partial charge is 0.387 e. The van der Waals surface area contributed by atoms with Crippen LogP contribution in [0, 0.1) is 0 Å². The van der Waals surface area contributed by atoms with Gasteiger partial charge in [0.15, 0.2) is 17.7 Å². The van der Waals surface area contributed by atoms with Gasteiger partial charge in [0, 0.05) is 0 Å². The van der Waals surface area contributed by atoms with Crippen molar-refractivity contribution in [2.45, 2.75) is 24.5 Å². The molecule has 3 heterocycles. The zero-order valence-electron chi connectivity index (χ0n) is 15.2. The first-order valence-corrected chi connectivity index (χ1v) is 11.3. The van der Waals surface area contributed by atoms with E-state index in [2.05, 4.69) is 30.4 Å². The molecule has 1 unspecified atom stereocenters. The Kier molecular flexibility index (Phi) is 6.69. The number of imidazole rings is 1. The van der Waals surface area contributed by atoms with Crippen LogP contribution in [0.3, 0.4) is 0 Å². The molecule has 1 aliphatic rings. The van der Waals surface area contributed by atoms with Crippen LogP contribution in [0.2, 0.25) is 0 Å². The molecule has 0 aromatic carbocycles. The monoisotopic (exact) mass is 467 g/mol. The van der Waals surface area contributed by atoms with Crippen molar-refractivity contribution in [3.63, 3.8) is 0 Å². The largest absolute Gasteiger partial charge is 0.481 e. The number of phosphoric ester groups is 1. The van der Waals surface area contributed by atoms with Gasteiger partial charge in [-0.1, -0.05) is 6.08 Å². The lowest BCUT2D eigenvalue weighted by atomic mass is 10.1. The van der Waals surface area contributed by atoms with Crippen molar-refractivity contribution < 1.29 is 47.2 Å². The molecule has 0 aliphatic carbocycles. The predicted molar refractivity (Wildman–Crippen MR) is 98.5 cm³/mol. The van der Waals surface area contributed by atoms with Gasteiger partial charge in [0.05, 0.1) is 19.5 Å². The third-order valence-electron chi connectivity index (χ3n) is 3.99. The summed E-state index contributed by atoms with van der Waals surface area (Å²) < 4.78 is 43.4. The topological polar surface area (TPSA) is 222 Å². The van der Waals surface area contributed by atoms with Crippen LogP contribution in [0.15, 0.2) is 25.3 Å². The lowest BCUT2D eigenvalue weighted by Gasteiger charge is -2.21. The Morgan fingerprint density at radius 2 is 2.03 bits per heavy atom. The second kappa shape index (κ2) is 8.77. The SMILES string of the molecule is C=CCO[C@@H]1[C@H](O)[C@@H](COP(=O)(O)OP(=O)(O)O)O[C@H]1n1cnc2c(N)ncnc21. The lowest BCUT2D eigenvalue weighted by Crippen LogP contribution is -2.36. The zero-order valence-corrected chi connectivity index (χ0v) is 17.0. The van der Waals surface area contributed by atoms with Gasteiger partial charge < -0.3 is 35.0 Å². The Morgan fingerprint density at radius 3 is 2.70 bits per heavy atom. The Labute approximate surface area is 168 Å². The number of hydrogen-bond acceptors (Lipinski definition) is 11. The summed E-state index contributed by atoms with van der Waals surface area (Å²) >= 11 is 0. The molecule has 30 heavy (non-hydrogen) atoms. The number of nitrogens with zero attached hydrogens (tertiary/aromatic N) is 4. The number of aliphatic hydroxyl groups is 1. The van der Waals surface area contributed by atoms with Gasteiger partial charge in [-0.15, -0.1) is 6.58 Å². The summed E-state index contributed by atoms with van der Waals surface area (Å²) in [6.45, 7) is 2.82. The highest BCUT2D eigenvalue weighted by atomic mass is 31.3. The number of nitrogens with two attached hydrogens (primary N) is 1. The number of phosphoric acid groups is 2. The third kappa shape index (κ3) is 5.10. The summed E-state index contributed by atoms with van der Waals surface area (Å²) in [4.78, 5) is 38.8. The molecule has 1 fully saturated rings. The average Bonchev–Trinajstić information content (AvgIpc) is 3.18. The van der Waals surface area contributed by atoms with Gasteiger partial charge >= 0.3 is 15.6 Å². The molecule has 3 rings (SSSR count). The van der Waals surface area contributed by atoms with Crippen molar-refractivity contribution in [3.8, 4) is 0 Å². The van der Waals surface area contributed by atoms with Gasteiger partial charge in [-0.25, -0.2) is 24.1 Å². The highest BCUT2D eigenvalue weighted by Crippen LogP contribution is 2.57. The molecule has 1 aliphatic heterocycles. The van der Waals surface area contributed by atoms with Crippen LogP contribution in [-0.2, 0) is 27.4 Å². The molecule has 0 spiro atoms. The van der Waals surface area contributed by atoms with Gasteiger partial charge in [-0.05, 0) is 0 Å². The standard InChI is InChI=1S/C13H19N5O10P2/c1-2-3-25-10-9(19)7(4-26-30(23,24)28-29(20,21)22)27-13(10)18-6-17-8-11(14)15-5-16-12(8)18/h2,5-7,9-10,13,19H,1,3-4H2,(H,23,24)(H2,14,15,16)(H2,20,21,22)/t7-,9-,10-,13-/m1/s1. The van der Waals surface area contributed by atoms with Gasteiger partial charge in [0.25, 0.3) is 0 Å². The quantitative estimate of drug-likeness (QED) is 0.231. The summed E-state index contributed by atoms with van der Waals surface area (Å²) in [7, 11) is -10.4. The summed E-state index contributed by atoms with van der Waals surface area (Å²) in [5.41, 5.74) is 6.33. The van der Waals surface area contributed by atoms with Crippen molar-refractivity contribution >= 4 is 32.6 Å². The maximum Gasteiger partial charge on any atom is 0.481 e. The van der Waals surface area contributed by atoms with Gasteiger partial charge in [-0.2, -0.15) is 4.31 Å². The fraction of sp³-hybridized carbons (Fsp3) is 0.462. The molecule has 15 nitrogen and oxygen atoms in total. The summed E-state index contributed by atoms with van der Waals surface area (Å²) in [6, 6.07) is 0. The van der Waals surface area contributed by atoms with E-state index in [0.717, 1.165) is 0 Å². The van der Waals surface area contributed by atoms with Crippen molar-refractivity contribution in [3.05, 3.63) is 25.3 Å². The van der Waals surface area contributed by atoms with Crippen molar-refractivity contribution in [2.75, 3.05) is 18.9 Å². The van der Waals surface area contributed by atoms with E-state index in [9.17, 15) is 19.1 Å². The predicted octanol–water partition coefficient (Wildman–Crippen LogP) is -0.536. The highest BCUT2D eigenvalue weighted by Gasteiger charge is 2.47. The average molecular weight is 467 g/mol.